The van der Waals surface area contributed by atoms with E-state index in [4.69, 9.17) is 4.74 Å². The third kappa shape index (κ3) is 6.96. The molecule has 0 saturated carbocycles. The molecular formula is C26H26F3N5O3. The highest BCUT2D eigenvalue weighted by Crippen LogP contribution is 2.32. The van der Waals surface area contributed by atoms with Crippen molar-refractivity contribution in [3.8, 4) is 5.88 Å². The van der Waals surface area contributed by atoms with Gasteiger partial charge in [-0.2, -0.15) is 13.2 Å². The molecule has 0 aliphatic carbocycles. The molecule has 37 heavy (non-hydrogen) atoms. The highest BCUT2D eigenvalue weighted by Gasteiger charge is 2.36. The van der Waals surface area contributed by atoms with Gasteiger partial charge in [-0.15, -0.1) is 0 Å². The zero-order valence-corrected chi connectivity index (χ0v) is 19.9. The van der Waals surface area contributed by atoms with Gasteiger partial charge in [-0.3, -0.25) is 4.79 Å². The lowest BCUT2D eigenvalue weighted by Gasteiger charge is -2.35. The molecule has 1 saturated heterocycles. The fraction of sp³-hybridized carbons (Fsp3) is 0.308. The van der Waals surface area contributed by atoms with Crippen molar-refractivity contribution in [2.45, 2.75) is 19.0 Å². The first-order valence-corrected chi connectivity index (χ1v) is 11.8. The van der Waals surface area contributed by atoms with Gasteiger partial charge >= 0.3 is 12.3 Å². The number of carbonyl (C=O) groups excluding carboxylic acids is 2. The molecule has 0 bridgehead atoms. The zero-order chi connectivity index (χ0) is 26.3. The minimum absolute atomic E-state index is 0.0434. The largest absolute Gasteiger partial charge is 0.417 e. The minimum atomic E-state index is -4.60. The first-order valence-electron chi connectivity index (χ1n) is 11.8. The van der Waals surface area contributed by atoms with Gasteiger partial charge < -0.3 is 19.9 Å². The molecule has 4 rings (SSSR count). The summed E-state index contributed by atoms with van der Waals surface area (Å²) >= 11 is 0. The first kappa shape index (κ1) is 25.9. The molecule has 2 heterocycles. The maximum absolute atomic E-state index is 13.3. The fourth-order valence-electron chi connectivity index (χ4n) is 4.01. The number of halogens is 3. The van der Waals surface area contributed by atoms with Crippen LogP contribution in [-0.4, -0.2) is 59.6 Å². The van der Waals surface area contributed by atoms with E-state index in [9.17, 15) is 22.8 Å². The number of hydrogen-bond donors (Lipinski definition) is 1. The van der Waals surface area contributed by atoms with Gasteiger partial charge in [0.05, 0.1) is 23.5 Å². The molecule has 1 aromatic heterocycles. The summed E-state index contributed by atoms with van der Waals surface area (Å²) in [5.74, 6) is -0.0996. The number of aromatic nitrogens is 2. The Hall–Kier alpha value is -4.15. The monoisotopic (exact) mass is 513 g/mol. The number of alkyl halides is 3. The molecular weight excluding hydrogens is 487 g/mol. The average Bonchev–Trinajstić information content (AvgIpc) is 2.91. The number of nitrogens with one attached hydrogen (secondary N) is 1. The van der Waals surface area contributed by atoms with Gasteiger partial charge in [0.1, 0.15) is 5.82 Å². The lowest BCUT2D eigenvalue weighted by Crippen LogP contribution is -2.49. The number of hydrogen-bond acceptors (Lipinski definition) is 6. The molecule has 8 nitrogen and oxygen atoms in total. The molecule has 11 heteroatoms. The van der Waals surface area contributed by atoms with Gasteiger partial charge in [-0.05, 0) is 30.5 Å². The van der Waals surface area contributed by atoms with Crippen molar-refractivity contribution < 1.29 is 27.5 Å². The molecule has 0 radical (unpaired) electrons. The predicted molar refractivity (Wildman–Crippen MR) is 130 cm³/mol. The van der Waals surface area contributed by atoms with Crippen LogP contribution in [-0.2, 0) is 12.6 Å². The Labute approximate surface area is 212 Å². The number of benzene rings is 2. The number of aryl methyl sites for hydroxylation is 1. The van der Waals surface area contributed by atoms with Gasteiger partial charge in [0.25, 0.3) is 5.91 Å². The number of piperazine rings is 1. The first-order chi connectivity index (χ1) is 17.8. The van der Waals surface area contributed by atoms with Gasteiger partial charge in [0.15, 0.2) is 0 Å². The molecule has 2 aromatic carbocycles. The zero-order valence-electron chi connectivity index (χ0n) is 19.9. The van der Waals surface area contributed by atoms with E-state index in [0.717, 1.165) is 18.9 Å². The molecule has 1 aliphatic heterocycles. The Balaban J connectivity index is 1.23. The van der Waals surface area contributed by atoms with E-state index in [1.54, 1.807) is 0 Å². The van der Waals surface area contributed by atoms with Crippen LogP contribution in [0, 0.1) is 0 Å². The van der Waals surface area contributed by atoms with Crippen molar-refractivity contribution in [1.82, 2.24) is 20.2 Å². The molecule has 1 N–H and O–H groups in total. The van der Waals surface area contributed by atoms with Crippen LogP contribution >= 0.6 is 0 Å². The Morgan fingerprint density at radius 1 is 0.919 bits per heavy atom. The predicted octanol–water partition coefficient (Wildman–Crippen LogP) is 4.18. The van der Waals surface area contributed by atoms with Crippen molar-refractivity contribution in [3.63, 3.8) is 0 Å². The highest BCUT2D eigenvalue weighted by atomic mass is 19.4. The van der Waals surface area contributed by atoms with E-state index in [2.05, 4.69) is 15.3 Å². The van der Waals surface area contributed by atoms with Crippen molar-refractivity contribution in [1.29, 1.82) is 0 Å². The lowest BCUT2D eigenvalue weighted by molar-refractivity contribution is -0.138. The van der Waals surface area contributed by atoms with E-state index >= 15 is 0 Å². The van der Waals surface area contributed by atoms with E-state index in [-0.39, 0.29) is 24.5 Å². The van der Waals surface area contributed by atoms with Crippen molar-refractivity contribution in [2.75, 3.05) is 37.6 Å². The molecule has 2 amide bonds. The van der Waals surface area contributed by atoms with Crippen LogP contribution in [0.3, 0.4) is 0 Å². The Morgan fingerprint density at radius 2 is 1.62 bits per heavy atom. The summed E-state index contributed by atoms with van der Waals surface area (Å²) in [5, 5.41) is 2.67. The molecule has 0 atom stereocenters. The summed E-state index contributed by atoms with van der Waals surface area (Å²) in [6.07, 6.45) is -0.846. The molecule has 0 unspecified atom stereocenters. The number of carbonyl (C=O) groups is 2. The van der Waals surface area contributed by atoms with Gasteiger partial charge in [-0.1, -0.05) is 42.5 Å². The maximum Gasteiger partial charge on any atom is 0.417 e. The Morgan fingerprint density at radius 3 is 2.30 bits per heavy atom. The number of ether oxygens (including phenoxy) is 1. The lowest BCUT2D eigenvalue weighted by atomic mass is 10.1. The smallest absolute Gasteiger partial charge is 0.390 e. The fourth-order valence-corrected chi connectivity index (χ4v) is 4.01. The average molecular weight is 514 g/mol. The number of anilines is 1. The second-order valence-corrected chi connectivity index (χ2v) is 8.44. The van der Waals surface area contributed by atoms with E-state index in [0.29, 0.717) is 25.5 Å². The quantitative estimate of drug-likeness (QED) is 0.477. The standard InChI is InChI=1S/C26H26F3N5O3/c27-26(28,29)21-11-5-4-10-20(21)24(35)34-15-13-33(14-16-34)22-17-32-23(18-31-22)37-25(36)30-12-6-9-19-7-2-1-3-8-19/h1-5,7-8,10-11,17-18H,6,9,12-16H2,(H,30,36). The van der Waals surface area contributed by atoms with Crippen molar-refractivity contribution >= 4 is 17.8 Å². The maximum atomic E-state index is 13.3. The second-order valence-electron chi connectivity index (χ2n) is 8.44. The van der Waals surface area contributed by atoms with E-state index in [1.807, 2.05) is 35.2 Å². The van der Waals surface area contributed by atoms with Gasteiger partial charge in [0.2, 0.25) is 5.88 Å². The Kier molecular flexibility index (Phi) is 8.22. The summed E-state index contributed by atoms with van der Waals surface area (Å²) in [6, 6.07) is 14.7. The summed E-state index contributed by atoms with van der Waals surface area (Å²) in [7, 11) is 0. The van der Waals surface area contributed by atoms with Crippen LogP contribution in [0.4, 0.5) is 23.8 Å². The van der Waals surface area contributed by atoms with Gasteiger partial charge in [-0.25, -0.2) is 14.8 Å². The van der Waals surface area contributed by atoms with E-state index < -0.39 is 23.7 Å². The SMILES string of the molecule is O=C(NCCCc1ccccc1)Oc1cnc(N2CCN(C(=O)c3ccccc3C(F)(F)F)CC2)cn1. The Bertz CT molecular complexity index is 1200. The second kappa shape index (κ2) is 11.7. The van der Waals surface area contributed by atoms with Crippen molar-refractivity contribution in [2.24, 2.45) is 0 Å². The number of amides is 2. The summed E-state index contributed by atoms with van der Waals surface area (Å²) < 4.78 is 45.0. The highest BCUT2D eigenvalue weighted by molar-refractivity contribution is 5.96. The van der Waals surface area contributed by atoms with Crippen LogP contribution in [0.25, 0.3) is 0 Å². The molecule has 0 spiro atoms. The van der Waals surface area contributed by atoms with Crippen LogP contribution in [0.5, 0.6) is 5.88 Å². The van der Waals surface area contributed by atoms with E-state index in [1.165, 1.54) is 41.1 Å². The normalized spacial score (nSPS) is 13.8. The number of rotatable bonds is 7. The summed E-state index contributed by atoms with van der Waals surface area (Å²) in [5.41, 5.74) is -0.109. The molecule has 194 valence electrons. The van der Waals surface area contributed by atoms with Gasteiger partial charge in [0, 0.05) is 32.7 Å². The van der Waals surface area contributed by atoms with Crippen LogP contribution < -0.4 is 15.0 Å². The number of nitrogens with zero attached hydrogens (tertiary/aromatic N) is 4. The van der Waals surface area contributed by atoms with Crippen LogP contribution in [0.15, 0.2) is 67.0 Å². The van der Waals surface area contributed by atoms with Crippen LogP contribution in [0.2, 0.25) is 0 Å². The molecule has 1 aliphatic rings. The third-order valence-corrected chi connectivity index (χ3v) is 5.92. The minimum Gasteiger partial charge on any atom is -0.390 e. The topological polar surface area (TPSA) is 87.7 Å². The molecule has 3 aromatic rings. The molecule has 1 fully saturated rings. The third-order valence-electron chi connectivity index (χ3n) is 5.92. The van der Waals surface area contributed by atoms with Crippen molar-refractivity contribution in [3.05, 3.63) is 83.7 Å². The summed E-state index contributed by atoms with van der Waals surface area (Å²) in [4.78, 5) is 36.4. The van der Waals surface area contributed by atoms with Crippen LogP contribution in [0.1, 0.15) is 27.9 Å². The summed E-state index contributed by atoms with van der Waals surface area (Å²) in [6.45, 7) is 1.66.